The first-order chi connectivity index (χ1) is 18.8. The number of benzene rings is 4. The van der Waals surface area contributed by atoms with Gasteiger partial charge in [-0.25, -0.2) is 0 Å². The number of pyridine rings is 1. The SMILES string of the molecule is c1ccc(-c2ccc(-c3nc(-n4c5ccccc5c5ccc6[se]ccc6c54)nc4ccccc34)cc2)nc1. The number of hydrogen-bond donors (Lipinski definition) is 0. The number of aromatic nitrogens is 4. The summed E-state index contributed by atoms with van der Waals surface area (Å²) in [5.74, 6) is 0.694. The summed E-state index contributed by atoms with van der Waals surface area (Å²) in [4.78, 5) is 17.2. The van der Waals surface area contributed by atoms with Crippen molar-refractivity contribution < 1.29 is 0 Å². The molecule has 8 aromatic rings. The molecule has 8 rings (SSSR count). The first kappa shape index (κ1) is 21.5. The van der Waals surface area contributed by atoms with Crippen LogP contribution in [0.25, 0.3) is 70.8 Å². The molecular weight excluding hydrogens is 531 g/mol. The molecule has 4 aromatic carbocycles. The summed E-state index contributed by atoms with van der Waals surface area (Å²) in [6, 6.07) is 38.2. The van der Waals surface area contributed by atoms with Crippen molar-refractivity contribution in [2.24, 2.45) is 0 Å². The molecule has 0 spiro atoms. The maximum atomic E-state index is 5.26. The zero-order valence-electron chi connectivity index (χ0n) is 20.2. The van der Waals surface area contributed by atoms with Gasteiger partial charge < -0.3 is 0 Å². The smallest absolute Gasteiger partial charge is 0.0275 e. The molecule has 0 aliphatic heterocycles. The molecule has 4 nitrogen and oxygen atoms in total. The molecule has 5 heteroatoms. The second-order valence-corrected chi connectivity index (χ2v) is 11.3. The van der Waals surface area contributed by atoms with E-state index in [1.165, 1.54) is 25.9 Å². The molecule has 38 heavy (non-hydrogen) atoms. The summed E-state index contributed by atoms with van der Waals surface area (Å²) >= 11 is 0.357. The molecule has 0 fully saturated rings. The number of hydrogen-bond acceptors (Lipinski definition) is 3. The first-order valence-corrected chi connectivity index (χ1v) is 14.4. The maximum absolute atomic E-state index is 5.26. The van der Waals surface area contributed by atoms with E-state index in [9.17, 15) is 0 Å². The molecule has 4 aromatic heterocycles. The fourth-order valence-electron chi connectivity index (χ4n) is 5.43. The molecule has 4 heterocycles. The van der Waals surface area contributed by atoms with Crippen LogP contribution in [0.1, 0.15) is 0 Å². The van der Waals surface area contributed by atoms with Gasteiger partial charge in [-0.05, 0) is 12.1 Å². The van der Waals surface area contributed by atoms with E-state index in [2.05, 4.69) is 99.4 Å². The first-order valence-electron chi connectivity index (χ1n) is 12.5. The minimum absolute atomic E-state index is 0.357. The Bertz CT molecular complexity index is 2120. The molecule has 0 aliphatic rings. The van der Waals surface area contributed by atoms with Crippen LogP contribution in [0.5, 0.6) is 0 Å². The van der Waals surface area contributed by atoms with Crippen molar-refractivity contribution in [2.75, 3.05) is 0 Å². The monoisotopic (exact) mass is 552 g/mol. The Morgan fingerprint density at radius 1 is 0.579 bits per heavy atom. The van der Waals surface area contributed by atoms with Gasteiger partial charge in [0.1, 0.15) is 0 Å². The average Bonchev–Trinajstić information content (AvgIpc) is 3.60. The van der Waals surface area contributed by atoms with E-state index in [4.69, 9.17) is 9.97 Å². The molecular formula is C33H20N4Se. The van der Waals surface area contributed by atoms with Gasteiger partial charge in [0.15, 0.2) is 0 Å². The zero-order chi connectivity index (χ0) is 25.1. The largest absolute Gasteiger partial charge is 0.256 e. The topological polar surface area (TPSA) is 43.6 Å². The molecule has 0 saturated carbocycles. The summed E-state index contributed by atoms with van der Waals surface area (Å²) in [5.41, 5.74) is 7.26. The average molecular weight is 552 g/mol. The summed E-state index contributed by atoms with van der Waals surface area (Å²) in [6.45, 7) is 0. The predicted octanol–water partition coefficient (Wildman–Crippen LogP) is 7.67. The van der Waals surface area contributed by atoms with Crippen LogP contribution in [0.4, 0.5) is 0 Å². The van der Waals surface area contributed by atoms with Crippen LogP contribution in [0, 0.1) is 0 Å². The molecule has 0 N–H and O–H groups in total. The molecule has 0 aliphatic carbocycles. The van der Waals surface area contributed by atoms with Crippen molar-refractivity contribution in [3.63, 3.8) is 0 Å². The van der Waals surface area contributed by atoms with Crippen LogP contribution in [0.3, 0.4) is 0 Å². The predicted molar refractivity (Wildman–Crippen MR) is 157 cm³/mol. The Kier molecular flexibility index (Phi) is 4.80. The third kappa shape index (κ3) is 3.26. The zero-order valence-corrected chi connectivity index (χ0v) is 22.0. The molecule has 0 atom stereocenters. The van der Waals surface area contributed by atoms with Crippen LogP contribution < -0.4 is 0 Å². The van der Waals surface area contributed by atoms with E-state index in [-0.39, 0.29) is 0 Å². The van der Waals surface area contributed by atoms with Gasteiger partial charge in [0.2, 0.25) is 0 Å². The van der Waals surface area contributed by atoms with Gasteiger partial charge in [-0.3, -0.25) is 4.98 Å². The fraction of sp³-hybridized carbons (Fsp3) is 0. The van der Waals surface area contributed by atoms with Crippen molar-refractivity contribution in [2.45, 2.75) is 0 Å². The van der Waals surface area contributed by atoms with Gasteiger partial charge in [0.25, 0.3) is 0 Å². The second kappa shape index (κ2) is 8.49. The minimum atomic E-state index is 0.357. The van der Waals surface area contributed by atoms with Gasteiger partial charge >= 0.3 is 196 Å². The van der Waals surface area contributed by atoms with E-state index in [0.29, 0.717) is 20.5 Å². The summed E-state index contributed by atoms with van der Waals surface area (Å²) in [5, 5.41) is 4.78. The van der Waals surface area contributed by atoms with Crippen LogP contribution in [0.15, 0.2) is 120 Å². The summed E-state index contributed by atoms with van der Waals surface area (Å²) in [7, 11) is 0. The van der Waals surface area contributed by atoms with Crippen molar-refractivity contribution in [3.8, 4) is 28.5 Å². The Balaban J connectivity index is 1.41. The van der Waals surface area contributed by atoms with Crippen molar-refractivity contribution in [1.29, 1.82) is 0 Å². The third-order valence-corrected chi connectivity index (χ3v) is 9.03. The van der Waals surface area contributed by atoms with Crippen LogP contribution in [-0.2, 0) is 0 Å². The van der Waals surface area contributed by atoms with Crippen LogP contribution in [0.2, 0.25) is 0 Å². The second-order valence-electron chi connectivity index (χ2n) is 9.33. The summed E-state index contributed by atoms with van der Waals surface area (Å²) in [6.07, 6.45) is 1.83. The minimum Gasteiger partial charge on any atom is -0.256 e. The normalized spacial score (nSPS) is 11.7. The molecule has 0 bridgehead atoms. The Labute approximate surface area is 224 Å². The maximum Gasteiger partial charge on any atom is 0.0275 e. The van der Waals surface area contributed by atoms with Gasteiger partial charge in [-0.1, -0.05) is 6.07 Å². The van der Waals surface area contributed by atoms with Crippen LogP contribution >= 0.6 is 0 Å². The number of para-hydroxylation sites is 2. The number of nitrogens with zero attached hydrogens (tertiary/aromatic N) is 4. The van der Waals surface area contributed by atoms with Crippen molar-refractivity contribution in [3.05, 3.63) is 120 Å². The Morgan fingerprint density at radius 3 is 2.24 bits per heavy atom. The Hall–Kier alpha value is -4.57. The van der Waals surface area contributed by atoms with Crippen LogP contribution in [-0.4, -0.2) is 34.0 Å². The fourth-order valence-corrected chi connectivity index (χ4v) is 7.08. The van der Waals surface area contributed by atoms with E-state index in [1.54, 1.807) is 0 Å². The van der Waals surface area contributed by atoms with Gasteiger partial charge in [-0.15, -0.1) is 0 Å². The van der Waals surface area contributed by atoms with Gasteiger partial charge in [0, 0.05) is 6.20 Å². The van der Waals surface area contributed by atoms with E-state index in [1.807, 2.05) is 30.5 Å². The van der Waals surface area contributed by atoms with E-state index >= 15 is 0 Å². The number of rotatable bonds is 3. The summed E-state index contributed by atoms with van der Waals surface area (Å²) < 4.78 is 3.66. The standard InChI is InChI=1S/C33H20N4Se/c1-3-10-28-25(8-1)31(22-14-12-21(13-15-22)27-9-5-6-19-34-27)36-33(35-28)37-29-11-4-2-7-23(29)24-16-17-30-26(32(24)37)18-20-38-30/h1-20H. The Morgan fingerprint density at radius 2 is 1.37 bits per heavy atom. The van der Waals surface area contributed by atoms with E-state index < -0.39 is 0 Å². The third-order valence-electron chi connectivity index (χ3n) is 7.18. The van der Waals surface area contributed by atoms with Gasteiger partial charge in [0.05, 0.1) is 0 Å². The van der Waals surface area contributed by atoms with Crippen molar-refractivity contribution in [1.82, 2.24) is 19.5 Å². The van der Waals surface area contributed by atoms with Crippen molar-refractivity contribution >= 4 is 56.9 Å². The molecule has 178 valence electrons. The van der Waals surface area contributed by atoms with Gasteiger partial charge in [-0.2, -0.15) is 0 Å². The quantitative estimate of drug-likeness (QED) is 0.212. The number of fused-ring (bicyclic) bond motifs is 6. The molecule has 0 amide bonds. The molecule has 0 saturated heterocycles. The molecule has 0 unspecified atom stereocenters. The van der Waals surface area contributed by atoms with E-state index in [0.717, 1.165) is 38.9 Å². The molecule has 0 radical (unpaired) electrons.